The molecular weight excluding hydrogens is 354 g/mol. The van der Waals surface area contributed by atoms with Gasteiger partial charge in [0.15, 0.2) is 5.75 Å². The van der Waals surface area contributed by atoms with E-state index in [1.807, 2.05) is 63.2 Å². The predicted octanol–water partition coefficient (Wildman–Crippen LogP) is 4.09. The zero-order valence-corrected chi connectivity index (χ0v) is 15.8. The predicted molar refractivity (Wildman–Crippen MR) is 106 cm³/mol. The number of rotatable bonds is 4. The summed E-state index contributed by atoms with van der Waals surface area (Å²) in [6.45, 7) is 5.78. The van der Waals surface area contributed by atoms with E-state index in [-0.39, 0.29) is 5.82 Å². The molecule has 0 atom stereocenters. The minimum atomic E-state index is -0.428. The summed E-state index contributed by atoms with van der Waals surface area (Å²) in [6, 6.07) is 16.8. The number of carbonyl (C=O) groups excluding carboxylic acids is 1. The summed E-state index contributed by atoms with van der Waals surface area (Å²) in [7, 11) is 0. The number of hydrogen-bond acceptors (Lipinski definition) is 5. The molecule has 0 aliphatic rings. The summed E-state index contributed by atoms with van der Waals surface area (Å²) < 4.78 is 7.47. The van der Waals surface area contributed by atoms with Gasteiger partial charge in [-0.2, -0.15) is 4.98 Å². The normalized spacial score (nSPS) is 10.8. The number of para-hydroxylation sites is 2. The van der Waals surface area contributed by atoms with Gasteiger partial charge >= 0.3 is 0 Å². The third-order valence-electron chi connectivity index (χ3n) is 4.21. The summed E-state index contributed by atoms with van der Waals surface area (Å²) in [5, 5.41) is 7.09. The third-order valence-corrected chi connectivity index (χ3v) is 4.21. The Bertz CT molecular complexity index is 1170. The second-order valence-electron chi connectivity index (χ2n) is 6.55. The molecule has 1 amide bonds. The molecule has 0 saturated carbocycles. The minimum absolute atomic E-state index is 0.0475. The van der Waals surface area contributed by atoms with Crippen LogP contribution in [0.2, 0.25) is 0 Å². The zero-order valence-electron chi connectivity index (χ0n) is 15.8. The maximum absolute atomic E-state index is 12.7. The largest absolute Gasteiger partial charge is 0.455 e. The van der Waals surface area contributed by atoms with Crippen LogP contribution in [0, 0.1) is 20.8 Å². The number of aryl methyl sites for hydroxylation is 3. The number of ether oxygens (including phenoxy) is 1. The Hall–Kier alpha value is -3.74. The SMILES string of the molecule is Cc1ccc(Oc2ccccc2NC(=O)c2nc3nc(C)cc(C)n3n2)cc1. The van der Waals surface area contributed by atoms with E-state index in [0.29, 0.717) is 23.0 Å². The van der Waals surface area contributed by atoms with Crippen LogP contribution in [0.4, 0.5) is 5.69 Å². The van der Waals surface area contributed by atoms with Gasteiger partial charge in [-0.25, -0.2) is 9.50 Å². The van der Waals surface area contributed by atoms with E-state index in [0.717, 1.165) is 17.0 Å². The molecule has 7 heteroatoms. The van der Waals surface area contributed by atoms with Gasteiger partial charge in [0, 0.05) is 11.4 Å². The highest BCUT2D eigenvalue weighted by Gasteiger charge is 2.17. The summed E-state index contributed by atoms with van der Waals surface area (Å²) in [4.78, 5) is 21.2. The lowest BCUT2D eigenvalue weighted by atomic mass is 10.2. The number of hydrogen-bond donors (Lipinski definition) is 1. The van der Waals surface area contributed by atoms with Crippen molar-refractivity contribution in [1.82, 2.24) is 19.6 Å². The maximum atomic E-state index is 12.7. The Labute approximate surface area is 162 Å². The first-order valence-electron chi connectivity index (χ1n) is 8.85. The number of amides is 1. The van der Waals surface area contributed by atoms with E-state index in [1.54, 1.807) is 16.6 Å². The number of benzene rings is 2. The minimum Gasteiger partial charge on any atom is -0.455 e. The molecule has 7 nitrogen and oxygen atoms in total. The summed E-state index contributed by atoms with van der Waals surface area (Å²) in [5.74, 6) is 1.24. The summed E-state index contributed by atoms with van der Waals surface area (Å²) >= 11 is 0. The molecule has 2 aromatic carbocycles. The van der Waals surface area contributed by atoms with Crippen molar-refractivity contribution in [2.24, 2.45) is 0 Å². The molecule has 0 bridgehead atoms. The number of nitrogens with one attached hydrogen (secondary N) is 1. The Kier molecular flexibility index (Phi) is 4.49. The van der Waals surface area contributed by atoms with E-state index in [4.69, 9.17) is 4.74 Å². The van der Waals surface area contributed by atoms with Gasteiger partial charge in [-0.1, -0.05) is 29.8 Å². The van der Waals surface area contributed by atoms with Gasteiger partial charge in [-0.05, 0) is 51.1 Å². The topological polar surface area (TPSA) is 81.4 Å². The molecule has 2 heterocycles. The van der Waals surface area contributed by atoms with Crippen LogP contribution in [0.1, 0.15) is 27.6 Å². The van der Waals surface area contributed by atoms with Crippen LogP contribution in [0.3, 0.4) is 0 Å². The first kappa shape index (κ1) is 17.7. The Morgan fingerprint density at radius 2 is 1.75 bits per heavy atom. The lowest BCUT2D eigenvalue weighted by molar-refractivity contribution is 0.101. The highest BCUT2D eigenvalue weighted by molar-refractivity contribution is 6.02. The van der Waals surface area contributed by atoms with Crippen molar-refractivity contribution in [1.29, 1.82) is 0 Å². The zero-order chi connectivity index (χ0) is 19.7. The highest BCUT2D eigenvalue weighted by Crippen LogP contribution is 2.29. The van der Waals surface area contributed by atoms with Crippen LogP contribution in [0.15, 0.2) is 54.6 Å². The van der Waals surface area contributed by atoms with Crippen molar-refractivity contribution in [2.45, 2.75) is 20.8 Å². The van der Waals surface area contributed by atoms with E-state index in [9.17, 15) is 4.79 Å². The average Bonchev–Trinajstić information content (AvgIpc) is 3.10. The number of carbonyl (C=O) groups is 1. The van der Waals surface area contributed by atoms with Gasteiger partial charge in [0.1, 0.15) is 5.75 Å². The fourth-order valence-corrected chi connectivity index (χ4v) is 2.83. The van der Waals surface area contributed by atoms with Gasteiger partial charge in [0.05, 0.1) is 5.69 Å². The van der Waals surface area contributed by atoms with Crippen molar-refractivity contribution in [2.75, 3.05) is 5.32 Å². The molecule has 0 aliphatic carbocycles. The summed E-state index contributed by atoms with van der Waals surface area (Å²) in [5.41, 5.74) is 3.36. The average molecular weight is 373 g/mol. The van der Waals surface area contributed by atoms with Crippen molar-refractivity contribution in [3.8, 4) is 11.5 Å². The molecular formula is C21H19N5O2. The van der Waals surface area contributed by atoms with Gasteiger partial charge in [-0.3, -0.25) is 4.79 Å². The van der Waals surface area contributed by atoms with Crippen molar-refractivity contribution in [3.63, 3.8) is 0 Å². The molecule has 0 unspecified atom stereocenters. The number of anilines is 1. The van der Waals surface area contributed by atoms with Crippen LogP contribution in [-0.2, 0) is 0 Å². The Morgan fingerprint density at radius 1 is 1.00 bits per heavy atom. The number of nitrogens with zero attached hydrogens (tertiary/aromatic N) is 4. The first-order chi connectivity index (χ1) is 13.5. The molecule has 28 heavy (non-hydrogen) atoms. The smallest absolute Gasteiger partial charge is 0.295 e. The second-order valence-corrected chi connectivity index (χ2v) is 6.55. The Balaban J connectivity index is 1.60. The fourth-order valence-electron chi connectivity index (χ4n) is 2.83. The number of fused-ring (bicyclic) bond motifs is 1. The lowest BCUT2D eigenvalue weighted by Crippen LogP contribution is -2.14. The molecule has 0 radical (unpaired) electrons. The molecule has 0 fully saturated rings. The van der Waals surface area contributed by atoms with Crippen LogP contribution in [-0.4, -0.2) is 25.5 Å². The molecule has 4 aromatic rings. The molecule has 0 spiro atoms. The van der Waals surface area contributed by atoms with Crippen LogP contribution in [0.25, 0.3) is 5.78 Å². The van der Waals surface area contributed by atoms with Crippen molar-refractivity contribution >= 4 is 17.4 Å². The van der Waals surface area contributed by atoms with Crippen LogP contribution in [0.5, 0.6) is 11.5 Å². The molecule has 140 valence electrons. The van der Waals surface area contributed by atoms with Crippen molar-refractivity contribution < 1.29 is 9.53 Å². The van der Waals surface area contributed by atoms with Gasteiger partial charge in [0.2, 0.25) is 5.82 Å². The van der Waals surface area contributed by atoms with E-state index >= 15 is 0 Å². The van der Waals surface area contributed by atoms with Crippen LogP contribution < -0.4 is 10.1 Å². The van der Waals surface area contributed by atoms with E-state index in [1.165, 1.54) is 0 Å². The first-order valence-corrected chi connectivity index (χ1v) is 8.85. The molecule has 1 N–H and O–H groups in total. The van der Waals surface area contributed by atoms with Gasteiger partial charge in [-0.15, -0.1) is 5.10 Å². The van der Waals surface area contributed by atoms with E-state index < -0.39 is 5.91 Å². The standard InChI is InChI=1S/C21H19N5O2/c1-13-8-10-16(11-9-13)28-18-7-5-4-6-17(18)23-20(27)19-24-21-22-14(2)12-15(3)26(21)25-19/h4-12H,1-3H3,(H,23,27). The lowest BCUT2D eigenvalue weighted by Gasteiger charge is -2.11. The molecule has 4 rings (SSSR count). The highest BCUT2D eigenvalue weighted by atomic mass is 16.5. The number of aromatic nitrogens is 4. The second kappa shape index (κ2) is 7.11. The maximum Gasteiger partial charge on any atom is 0.295 e. The van der Waals surface area contributed by atoms with Crippen molar-refractivity contribution in [3.05, 3.63) is 77.4 Å². The van der Waals surface area contributed by atoms with Gasteiger partial charge in [0.25, 0.3) is 11.7 Å². The van der Waals surface area contributed by atoms with Gasteiger partial charge < -0.3 is 10.1 Å². The third kappa shape index (κ3) is 3.55. The fraction of sp³-hybridized carbons (Fsp3) is 0.143. The Morgan fingerprint density at radius 3 is 2.54 bits per heavy atom. The quantitative estimate of drug-likeness (QED) is 0.583. The molecule has 0 saturated heterocycles. The van der Waals surface area contributed by atoms with Crippen LogP contribution >= 0.6 is 0 Å². The summed E-state index contributed by atoms with van der Waals surface area (Å²) in [6.07, 6.45) is 0. The molecule has 0 aliphatic heterocycles. The molecule has 2 aromatic heterocycles. The van der Waals surface area contributed by atoms with E-state index in [2.05, 4.69) is 20.4 Å². The monoisotopic (exact) mass is 373 g/mol.